The minimum atomic E-state index is 0.712. The van der Waals surface area contributed by atoms with Gasteiger partial charge in [0.1, 0.15) is 0 Å². The molecule has 0 bridgehead atoms. The zero-order valence-corrected chi connectivity index (χ0v) is 9.01. The summed E-state index contributed by atoms with van der Waals surface area (Å²) in [5.41, 5.74) is 4.19. The monoisotopic (exact) mass is 200 g/mol. The second-order valence-corrected chi connectivity index (χ2v) is 4.46. The van der Waals surface area contributed by atoms with E-state index in [1.54, 1.807) is 0 Å². The summed E-state index contributed by atoms with van der Waals surface area (Å²) >= 11 is 0. The van der Waals surface area contributed by atoms with E-state index in [9.17, 15) is 0 Å². The molecule has 1 aromatic heterocycles. The fourth-order valence-electron chi connectivity index (χ4n) is 2.59. The third-order valence-electron chi connectivity index (χ3n) is 3.44. The average Bonchev–Trinajstić information content (AvgIpc) is 2.85. The summed E-state index contributed by atoms with van der Waals surface area (Å²) in [4.78, 5) is 3.26. The molecule has 1 aromatic carbocycles. The molecule has 2 heterocycles. The Labute approximate surface area is 89.7 Å². The van der Waals surface area contributed by atoms with E-state index >= 15 is 0 Å². The number of nitrogens with one attached hydrogen (secondary N) is 2. The molecule has 1 saturated heterocycles. The van der Waals surface area contributed by atoms with E-state index in [1.165, 1.54) is 28.5 Å². The van der Waals surface area contributed by atoms with Crippen molar-refractivity contribution in [1.29, 1.82) is 0 Å². The van der Waals surface area contributed by atoms with Gasteiger partial charge in [-0.15, -0.1) is 0 Å². The van der Waals surface area contributed by atoms with Crippen LogP contribution >= 0.6 is 0 Å². The fourth-order valence-corrected chi connectivity index (χ4v) is 2.59. The van der Waals surface area contributed by atoms with Gasteiger partial charge in [0.15, 0.2) is 0 Å². The van der Waals surface area contributed by atoms with E-state index in [0.717, 1.165) is 13.1 Å². The van der Waals surface area contributed by atoms with Crippen LogP contribution in [-0.4, -0.2) is 18.1 Å². The number of aromatic amines is 1. The zero-order valence-electron chi connectivity index (χ0n) is 9.01. The summed E-state index contributed by atoms with van der Waals surface area (Å²) in [5.74, 6) is 0.712. The van der Waals surface area contributed by atoms with Gasteiger partial charge in [-0.1, -0.05) is 0 Å². The molecule has 1 unspecified atom stereocenters. The second kappa shape index (κ2) is 3.38. The van der Waals surface area contributed by atoms with Crippen LogP contribution in [0.4, 0.5) is 0 Å². The van der Waals surface area contributed by atoms with Gasteiger partial charge in [-0.25, -0.2) is 0 Å². The van der Waals surface area contributed by atoms with Crippen molar-refractivity contribution in [3.8, 4) is 0 Å². The molecule has 1 fully saturated rings. The Balaban J connectivity index is 2.11. The molecule has 3 rings (SSSR count). The lowest BCUT2D eigenvalue weighted by atomic mass is 9.93. The molecule has 0 radical (unpaired) electrons. The summed E-state index contributed by atoms with van der Waals surface area (Å²) in [6.07, 6.45) is 3.29. The van der Waals surface area contributed by atoms with Crippen molar-refractivity contribution in [3.63, 3.8) is 0 Å². The minimum Gasteiger partial charge on any atom is -0.361 e. The van der Waals surface area contributed by atoms with Gasteiger partial charge in [0.2, 0.25) is 0 Å². The van der Waals surface area contributed by atoms with Crippen molar-refractivity contribution in [3.05, 3.63) is 35.5 Å². The number of aryl methyl sites for hydroxylation is 1. The summed E-state index contributed by atoms with van der Waals surface area (Å²) < 4.78 is 0. The highest BCUT2D eigenvalue weighted by atomic mass is 14.9. The molecule has 0 spiro atoms. The molecule has 2 nitrogen and oxygen atoms in total. The lowest BCUT2D eigenvalue weighted by Crippen LogP contribution is -2.08. The maximum Gasteiger partial charge on any atom is 0.0456 e. The van der Waals surface area contributed by atoms with Gasteiger partial charge < -0.3 is 10.3 Å². The Morgan fingerprint density at radius 3 is 3.07 bits per heavy atom. The predicted octanol–water partition coefficient (Wildman–Crippen LogP) is 2.55. The molecule has 15 heavy (non-hydrogen) atoms. The van der Waals surface area contributed by atoms with Crippen molar-refractivity contribution in [2.24, 2.45) is 0 Å². The van der Waals surface area contributed by atoms with Crippen LogP contribution in [0.3, 0.4) is 0 Å². The molecule has 1 aliphatic heterocycles. The zero-order chi connectivity index (χ0) is 10.3. The van der Waals surface area contributed by atoms with Gasteiger partial charge in [-0.05, 0) is 60.5 Å². The van der Waals surface area contributed by atoms with Crippen molar-refractivity contribution < 1.29 is 0 Å². The largest absolute Gasteiger partial charge is 0.361 e. The van der Waals surface area contributed by atoms with E-state index in [1.807, 2.05) is 6.20 Å². The SMILES string of the molecule is Cc1cc2[nH]ccc2cc1C1CCNC1. The summed E-state index contributed by atoms with van der Waals surface area (Å²) in [7, 11) is 0. The number of aromatic nitrogens is 1. The summed E-state index contributed by atoms with van der Waals surface area (Å²) in [6.45, 7) is 4.51. The van der Waals surface area contributed by atoms with Crippen LogP contribution in [0.1, 0.15) is 23.5 Å². The summed E-state index contributed by atoms with van der Waals surface area (Å²) in [6, 6.07) is 6.77. The van der Waals surface area contributed by atoms with Crippen LogP contribution < -0.4 is 5.32 Å². The maximum atomic E-state index is 3.43. The number of hydrogen-bond acceptors (Lipinski definition) is 1. The lowest BCUT2D eigenvalue weighted by molar-refractivity contribution is 0.759. The van der Waals surface area contributed by atoms with Gasteiger partial charge in [0.05, 0.1) is 0 Å². The molecule has 2 heteroatoms. The Kier molecular flexibility index (Phi) is 2.03. The van der Waals surface area contributed by atoms with Crippen LogP contribution in [0.25, 0.3) is 10.9 Å². The predicted molar refractivity (Wildman–Crippen MR) is 63.3 cm³/mol. The quantitative estimate of drug-likeness (QED) is 0.727. The molecular weight excluding hydrogens is 184 g/mol. The second-order valence-electron chi connectivity index (χ2n) is 4.46. The molecule has 0 amide bonds. The van der Waals surface area contributed by atoms with Crippen LogP contribution in [0.5, 0.6) is 0 Å². The van der Waals surface area contributed by atoms with Gasteiger partial charge in [0.25, 0.3) is 0 Å². The van der Waals surface area contributed by atoms with E-state index < -0.39 is 0 Å². The van der Waals surface area contributed by atoms with Crippen molar-refractivity contribution in [1.82, 2.24) is 10.3 Å². The average molecular weight is 200 g/mol. The molecular formula is C13H16N2. The molecule has 1 atom stereocenters. The topological polar surface area (TPSA) is 27.8 Å². The molecule has 1 aliphatic rings. The van der Waals surface area contributed by atoms with E-state index in [-0.39, 0.29) is 0 Å². The van der Waals surface area contributed by atoms with Gasteiger partial charge >= 0.3 is 0 Å². The smallest absolute Gasteiger partial charge is 0.0456 e. The third-order valence-corrected chi connectivity index (χ3v) is 3.44. The van der Waals surface area contributed by atoms with Crippen molar-refractivity contribution >= 4 is 10.9 Å². The fraction of sp³-hybridized carbons (Fsp3) is 0.385. The standard InChI is InChI=1S/C13H16N2/c1-9-6-13-10(3-5-15-13)7-12(9)11-2-4-14-8-11/h3,5-7,11,14-15H,2,4,8H2,1H3. The first-order chi connectivity index (χ1) is 7.34. The first kappa shape index (κ1) is 8.98. The molecule has 0 aliphatic carbocycles. The van der Waals surface area contributed by atoms with E-state index in [2.05, 4.69) is 35.4 Å². The highest BCUT2D eigenvalue weighted by Gasteiger charge is 2.18. The van der Waals surface area contributed by atoms with Gasteiger partial charge in [-0.2, -0.15) is 0 Å². The Morgan fingerprint density at radius 2 is 2.27 bits per heavy atom. The Hall–Kier alpha value is -1.28. The van der Waals surface area contributed by atoms with Crippen molar-refractivity contribution in [2.75, 3.05) is 13.1 Å². The van der Waals surface area contributed by atoms with E-state index in [4.69, 9.17) is 0 Å². The Morgan fingerprint density at radius 1 is 1.33 bits per heavy atom. The van der Waals surface area contributed by atoms with Crippen LogP contribution in [0, 0.1) is 6.92 Å². The van der Waals surface area contributed by atoms with E-state index in [0.29, 0.717) is 5.92 Å². The third kappa shape index (κ3) is 1.45. The molecule has 78 valence electrons. The van der Waals surface area contributed by atoms with Crippen molar-refractivity contribution in [2.45, 2.75) is 19.3 Å². The van der Waals surface area contributed by atoms with Gasteiger partial charge in [-0.3, -0.25) is 0 Å². The Bertz CT molecular complexity index is 478. The van der Waals surface area contributed by atoms with Crippen LogP contribution in [-0.2, 0) is 0 Å². The first-order valence-electron chi connectivity index (χ1n) is 5.63. The number of H-pyrrole nitrogens is 1. The first-order valence-corrected chi connectivity index (χ1v) is 5.63. The van der Waals surface area contributed by atoms with Crippen LogP contribution in [0.15, 0.2) is 24.4 Å². The molecule has 2 aromatic rings. The molecule has 2 N–H and O–H groups in total. The van der Waals surface area contributed by atoms with Gasteiger partial charge in [0, 0.05) is 18.3 Å². The number of hydrogen-bond donors (Lipinski definition) is 2. The number of rotatable bonds is 1. The number of benzene rings is 1. The minimum absolute atomic E-state index is 0.712. The lowest BCUT2D eigenvalue weighted by Gasteiger charge is -2.12. The van der Waals surface area contributed by atoms with Crippen LogP contribution in [0.2, 0.25) is 0 Å². The highest BCUT2D eigenvalue weighted by molar-refractivity contribution is 5.81. The maximum absolute atomic E-state index is 3.43. The number of fused-ring (bicyclic) bond motifs is 1. The normalized spacial score (nSPS) is 21.3. The molecule has 0 saturated carbocycles. The highest BCUT2D eigenvalue weighted by Crippen LogP contribution is 2.28. The summed E-state index contributed by atoms with van der Waals surface area (Å²) in [5, 5.41) is 4.77.